The van der Waals surface area contributed by atoms with Crippen molar-refractivity contribution in [2.45, 2.75) is 24.6 Å². The molecule has 0 spiro atoms. The van der Waals surface area contributed by atoms with Crippen molar-refractivity contribution in [3.05, 3.63) is 58.7 Å². The van der Waals surface area contributed by atoms with Crippen LogP contribution in [-0.4, -0.2) is 69.9 Å². The van der Waals surface area contributed by atoms with Crippen LogP contribution in [-0.2, 0) is 28.7 Å². The Morgan fingerprint density at radius 1 is 1.22 bits per heavy atom. The Bertz CT molecular complexity index is 1250. The summed E-state index contributed by atoms with van der Waals surface area (Å²) in [6.45, 7) is 1.40. The number of oxime groups is 1. The molecule has 2 aliphatic rings. The van der Waals surface area contributed by atoms with Crippen LogP contribution < -0.4 is 11.1 Å². The first-order valence-corrected chi connectivity index (χ1v) is 12.5. The van der Waals surface area contributed by atoms with Crippen LogP contribution in [0.15, 0.2) is 52.6 Å². The highest BCUT2D eigenvalue weighted by molar-refractivity contribution is 8.00. The fourth-order valence-electron chi connectivity index (χ4n) is 3.46. The predicted octanol–water partition coefficient (Wildman–Crippen LogP) is 1.11. The highest BCUT2D eigenvalue weighted by Gasteiger charge is 2.53. The first kappa shape index (κ1) is 25.2. The van der Waals surface area contributed by atoms with Crippen LogP contribution in [0.3, 0.4) is 0 Å². The number of thioether (sulfide) groups is 1. The molecule has 2 amide bonds. The summed E-state index contributed by atoms with van der Waals surface area (Å²) in [5.41, 5.74) is 6.02. The van der Waals surface area contributed by atoms with E-state index in [1.165, 1.54) is 30.7 Å². The van der Waals surface area contributed by atoms with Crippen molar-refractivity contribution in [3.63, 3.8) is 0 Å². The number of hydrogen-bond donors (Lipinski definition) is 2. The maximum atomic E-state index is 12.9. The third-order valence-corrected chi connectivity index (χ3v) is 6.92. The topological polar surface area (TPSA) is 163 Å². The number of rotatable bonds is 8. The molecular formula is C22H21N5O7S2. The molecule has 14 heteroatoms. The number of benzene rings is 1. The van der Waals surface area contributed by atoms with E-state index in [9.17, 15) is 19.2 Å². The van der Waals surface area contributed by atoms with Crippen molar-refractivity contribution in [2.75, 3.05) is 18.6 Å². The maximum Gasteiger partial charge on any atom is 0.357 e. The number of β-lactam (4-membered cyclic amide) rings is 1. The number of ether oxygens (including phenoxy) is 2. The molecule has 1 aromatic carbocycles. The Hall–Kier alpha value is -3.91. The number of nitrogen functional groups attached to an aromatic ring is 1. The van der Waals surface area contributed by atoms with Gasteiger partial charge in [-0.15, -0.1) is 23.1 Å². The molecule has 4 rings (SSSR count). The lowest BCUT2D eigenvalue weighted by Crippen LogP contribution is -2.70. The molecule has 3 atom stereocenters. The zero-order chi connectivity index (χ0) is 25.8. The van der Waals surface area contributed by atoms with Gasteiger partial charge >= 0.3 is 11.9 Å². The maximum absolute atomic E-state index is 12.9. The van der Waals surface area contributed by atoms with Crippen LogP contribution in [0.1, 0.15) is 23.0 Å². The average Bonchev–Trinajstić information content (AvgIpc) is 3.31. The molecule has 1 saturated heterocycles. The first-order chi connectivity index (χ1) is 17.3. The number of anilines is 1. The highest BCUT2D eigenvalue weighted by atomic mass is 32.2. The molecule has 2 aliphatic heterocycles. The van der Waals surface area contributed by atoms with E-state index in [2.05, 4.69) is 15.5 Å². The lowest BCUT2D eigenvalue weighted by molar-refractivity contribution is -0.166. The second kappa shape index (κ2) is 10.8. The van der Waals surface area contributed by atoms with Crippen molar-refractivity contribution >= 4 is 57.7 Å². The molecule has 0 saturated carbocycles. The number of fused-ring (bicyclic) bond motifs is 1. The van der Waals surface area contributed by atoms with Gasteiger partial charge in [-0.25, -0.2) is 14.6 Å². The molecule has 2 unspecified atom stereocenters. The number of aromatic nitrogens is 1. The van der Waals surface area contributed by atoms with Crippen LogP contribution in [0, 0.1) is 0 Å². The van der Waals surface area contributed by atoms with Crippen LogP contribution in [0.25, 0.3) is 0 Å². The molecule has 0 radical (unpaired) electrons. The predicted molar refractivity (Wildman–Crippen MR) is 131 cm³/mol. The number of nitrogens with zero attached hydrogens (tertiary/aromatic N) is 3. The van der Waals surface area contributed by atoms with E-state index in [-0.39, 0.29) is 22.2 Å². The van der Waals surface area contributed by atoms with Crippen molar-refractivity contribution in [2.24, 2.45) is 5.16 Å². The molecule has 188 valence electrons. The molecular weight excluding hydrogens is 510 g/mol. The number of nitrogens with two attached hydrogens (primary N) is 1. The van der Waals surface area contributed by atoms with Crippen LogP contribution in [0.4, 0.5) is 5.13 Å². The lowest BCUT2D eigenvalue weighted by Gasteiger charge is -2.48. The second-order valence-electron chi connectivity index (χ2n) is 7.41. The number of carbonyl (C=O) groups excluding carboxylic acids is 4. The number of nitrogens with one attached hydrogen (secondary N) is 1. The molecule has 0 aliphatic carbocycles. The fraction of sp³-hybridized carbons (Fsp3) is 0.273. The van der Waals surface area contributed by atoms with Crippen LogP contribution in [0.2, 0.25) is 0 Å². The summed E-state index contributed by atoms with van der Waals surface area (Å²) in [7, 11) is 1.27. The Morgan fingerprint density at radius 3 is 2.61 bits per heavy atom. The quantitative estimate of drug-likeness (QED) is 0.166. The smallest absolute Gasteiger partial charge is 0.357 e. The van der Waals surface area contributed by atoms with Gasteiger partial charge in [0.1, 0.15) is 29.9 Å². The van der Waals surface area contributed by atoms with E-state index in [0.29, 0.717) is 11.3 Å². The molecule has 36 heavy (non-hydrogen) atoms. The van der Waals surface area contributed by atoms with E-state index in [1.807, 2.05) is 0 Å². The molecule has 0 bridgehead atoms. The summed E-state index contributed by atoms with van der Waals surface area (Å²) in [5, 5.41) is 7.56. The third-order valence-electron chi connectivity index (χ3n) is 5.06. The number of amides is 2. The molecule has 1 aromatic heterocycles. The average molecular weight is 532 g/mol. The Morgan fingerprint density at radius 2 is 1.94 bits per heavy atom. The van der Waals surface area contributed by atoms with Gasteiger partial charge in [0.25, 0.3) is 11.8 Å². The van der Waals surface area contributed by atoms with Gasteiger partial charge in [0, 0.05) is 18.1 Å². The standard InChI is InChI=1S/C22H21N5O7S2/c1-11(33-20(30)12-6-4-3-5-7-12)34-21(31)14-8-9-35-19-16(18(29)27(14)19)25-17(28)15(26-32-2)13-10-36-22(23)24-13/h3-8,10-11,16,19H,9H2,1-2H3,(H2,23,24)(H,25,28)/b26-15-/t11?,16?,19-/m1/s1. The zero-order valence-corrected chi connectivity index (χ0v) is 20.7. The van der Waals surface area contributed by atoms with Gasteiger partial charge in [0.15, 0.2) is 10.8 Å². The van der Waals surface area contributed by atoms with Gasteiger partial charge in [-0.2, -0.15) is 0 Å². The van der Waals surface area contributed by atoms with Gasteiger partial charge in [-0.05, 0) is 18.2 Å². The molecule has 3 N–H and O–H groups in total. The van der Waals surface area contributed by atoms with Crippen molar-refractivity contribution in [1.82, 2.24) is 15.2 Å². The monoisotopic (exact) mass is 531 g/mol. The molecule has 12 nitrogen and oxygen atoms in total. The minimum absolute atomic E-state index is 0.00918. The van der Waals surface area contributed by atoms with Gasteiger partial charge in [0.2, 0.25) is 6.29 Å². The molecule has 1 fully saturated rings. The summed E-state index contributed by atoms with van der Waals surface area (Å²) in [5.74, 6) is -2.27. The summed E-state index contributed by atoms with van der Waals surface area (Å²) < 4.78 is 10.4. The number of hydrogen-bond acceptors (Lipinski definition) is 12. The lowest BCUT2D eigenvalue weighted by atomic mass is 10.0. The summed E-state index contributed by atoms with van der Waals surface area (Å²) >= 11 is 2.48. The van der Waals surface area contributed by atoms with Crippen molar-refractivity contribution < 1.29 is 33.5 Å². The Kier molecular flexibility index (Phi) is 7.55. The molecule has 2 aromatic rings. The minimum Gasteiger partial charge on any atom is -0.422 e. The third kappa shape index (κ3) is 5.18. The number of carbonyl (C=O) groups is 4. The first-order valence-electron chi connectivity index (χ1n) is 10.6. The van der Waals surface area contributed by atoms with Crippen LogP contribution in [0.5, 0.6) is 0 Å². The van der Waals surface area contributed by atoms with Crippen molar-refractivity contribution in [1.29, 1.82) is 0 Å². The van der Waals surface area contributed by atoms with Gasteiger partial charge in [0.05, 0.1) is 5.56 Å². The number of esters is 2. The van der Waals surface area contributed by atoms with E-state index >= 15 is 0 Å². The summed E-state index contributed by atoms with van der Waals surface area (Å²) in [4.78, 5) is 60.6. The van der Waals surface area contributed by atoms with E-state index in [0.717, 1.165) is 11.3 Å². The van der Waals surface area contributed by atoms with E-state index in [4.69, 9.17) is 20.0 Å². The van der Waals surface area contributed by atoms with Gasteiger partial charge in [-0.3, -0.25) is 14.5 Å². The fourth-order valence-corrected chi connectivity index (χ4v) is 5.20. The van der Waals surface area contributed by atoms with Gasteiger partial charge < -0.3 is 25.4 Å². The van der Waals surface area contributed by atoms with Crippen molar-refractivity contribution in [3.8, 4) is 0 Å². The zero-order valence-electron chi connectivity index (χ0n) is 19.1. The second-order valence-corrected chi connectivity index (χ2v) is 9.45. The Labute approximate surface area is 213 Å². The summed E-state index contributed by atoms with van der Waals surface area (Å²) in [6.07, 6.45) is 0.352. The molecule has 3 heterocycles. The summed E-state index contributed by atoms with van der Waals surface area (Å²) in [6, 6.07) is 7.34. The van der Waals surface area contributed by atoms with E-state index in [1.54, 1.807) is 41.8 Å². The number of thiazole rings is 1. The largest absolute Gasteiger partial charge is 0.422 e. The van der Waals surface area contributed by atoms with Gasteiger partial charge in [-0.1, -0.05) is 23.4 Å². The minimum atomic E-state index is -1.19. The SMILES string of the molecule is CO/N=C(\C(=O)NC1C(=O)N2C(C(=O)OC(C)OC(=O)c3ccccc3)=CCS[C@H]12)c1csc(N)n1. The van der Waals surface area contributed by atoms with E-state index < -0.39 is 41.5 Å². The normalized spacial score (nSPS) is 19.8. The highest BCUT2D eigenvalue weighted by Crippen LogP contribution is 2.38. The Balaban J connectivity index is 1.37. The van der Waals surface area contributed by atoms with Crippen LogP contribution >= 0.6 is 23.1 Å².